The molecule has 2 unspecified atom stereocenters. The normalized spacial score (nSPS) is 18.0. The standard InChI is InChI=1S/C7H12F6OSi/c1-15(2,3)14-6(11)7(12,13)4(8)5(9)10/h4-6H,1-3H3. The summed E-state index contributed by atoms with van der Waals surface area (Å²) in [5.74, 6) is -4.82. The first kappa shape index (κ1) is 14.8. The van der Waals surface area contributed by atoms with Gasteiger partial charge >= 0.3 is 5.92 Å². The molecule has 0 radical (unpaired) electrons. The fourth-order valence-corrected chi connectivity index (χ4v) is 1.46. The number of hydrogen-bond donors (Lipinski definition) is 0. The van der Waals surface area contributed by atoms with E-state index in [2.05, 4.69) is 4.43 Å². The summed E-state index contributed by atoms with van der Waals surface area (Å²) in [6.45, 7) is 4.14. The molecule has 2 atom stereocenters. The quantitative estimate of drug-likeness (QED) is 0.540. The Bertz CT molecular complexity index is 204. The van der Waals surface area contributed by atoms with Crippen LogP contribution >= 0.6 is 0 Å². The Morgan fingerprint density at radius 3 is 1.67 bits per heavy atom. The highest BCUT2D eigenvalue weighted by Gasteiger charge is 2.54. The molecule has 0 aliphatic carbocycles. The first-order chi connectivity index (χ1) is 6.48. The molecule has 0 aliphatic rings. The molecule has 0 rings (SSSR count). The first-order valence-electron chi connectivity index (χ1n) is 4.10. The van der Waals surface area contributed by atoms with Crippen LogP contribution in [0.3, 0.4) is 0 Å². The molecule has 0 bridgehead atoms. The number of hydrogen-bond acceptors (Lipinski definition) is 1. The minimum Gasteiger partial charge on any atom is -0.385 e. The van der Waals surface area contributed by atoms with Gasteiger partial charge in [0.2, 0.25) is 6.17 Å². The molecular formula is C7H12F6OSi. The fraction of sp³-hybridized carbons (Fsp3) is 1.00. The van der Waals surface area contributed by atoms with E-state index in [1.807, 2.05) is 0 Å². The van der Waals surface area contributed by atoms with E-state index in [1.54, 1.807) is 0 Å². The lowest BCUT2D eigenvalue weighted by Crippen LogP contribution is -2.48. The van der Waals surface area contributed by atoms with E-state index in [-0.39, 0.29) is 0 Å². The highest BCUT2D eigenvalue weighted by Crippen LogP contribution is 2.33. The second kappa shape index (κ2) is 4.73. The van der Waals surface area contributed by atoms with E-state index in [9.17, 15) is 26.3 Å². The molecule has 15 heavy (non-hydrogen) atoms. The summed E-state index contributed by atoms with van der Waals surface area (Å²) in [5.41, 5.74) is 0. The van der Waals surface area contributed by atoms with Crippen molar-refractivity contribution >= 4 is 8.32 Å². The molecule has 0 aromatic heterocycles. The van der Waals surface area contributed by atoms with Gasteiger partial charge in [0.25, 0.3) is 12.8 Å². The van der Waals surface area contributed by atoms with E-state index >= 15 is 0 Å². The zero-order valence-electron chi connectivity index (χ0n) is 8.41. The van der Waals surface area contributed by atoms with Crippen LogP contribution in [0.15, 0.2) is 0 Å². The monoisotopic (exact) mass is 254 g/mol. The van der Waals surface area contributed by atoms with Gasteiger partial charge in [0.1, 0.15) is 0 Å². The van der Waals surface area contributed by atoms with Gasteiger partial charge in [-0.1, -0.05) is 0 Å². The lowest BCUT2D eigenvalue weighted by molar-refractivity contribution is -0.217. The van der Waals surface area contributed by atoms with Crippen LogP contribution in [0, 0.1) is 0 Å². The molecule has 0 heterocycles. The summed E-state index contributed by atoms with van der Waals surface area (Å²) in [7, 11) is -2.68. The Morgan fingerprint density at radius 1 is 1.00 bits per heavy atom. The van der Waals surface area contributed by atoms with Crippen LogP contribution in [0.2, 0.25) is 19.6 Å². The van der Waals surface area contributed by atoms with Crippen molar-refractivity contribution in [1.82, 2.24) is 0 Å². The third kappa shape index (κ3) is 4.41. The Hall–Kier alpha value is -0.243. The van der Waals surface area contributed by atoms with Crippen molar-refractivity contribution in [3.8, 4) is 0 Å². The van der Waals surface area contributed by atoms with E-state index in [0.717, 1.165) is 0 Å². The number of alkyl halides is 6. The van der Waals surface area contributed by atoms with Crippen LogP contribution in [0.5, 0.6) is 0 Å². The van der Waals surface area contributed by atoms with Gasteiger partial charge in [-0.2, -0.15) is 8.78 Å². The summed E-state index contributed by atoms with van der Waals surface area (Å²) >= 11 is 0. The smallest absolute Gasteiger partial charge is 0.337 e. The van der Waals surface area contributed by atoms with Crippen molar-refractivity contribution in [3.05, 3.63) is 0 Å². The van der Waals surface area contributed by atoms with Crippen LogP contribution in [-0.2, 0) is 4.43 Å². The molecule has 0 aromatic rings. The fourth-order valence-electron chi connectivity index (χ4n) is 0.682. The Kier molecular flexibility index (Phi) is 4.65. The maximum atomic E-state index is 12.8. The molecule has 0 fully saturated rings. The molecule has 0 amide bonds. The maximum Gasteiger partial charge on any atom is 0.337 e. The summed E-state index contributed by atoms with van der Waals surface area (Å²) in [4.78, 5) is 0. The highest BCUT2D eigenvalue weighted by atomic mass is 28.4. The van der Waals surface area contributed by atoms with Crippen molar-refractivity contribution in [2.45, 2.75) is 44.5 Å². The lowest BCUT2D eigenvalue weighted by atomic mass is 10.2. The van der Waals surface area contributed by atoms with Gasteiger partial charge in [-0.05, 0) is 19.6 Å². The minimum atomic E-state index is -4.82. The SMILES string of the molecule is C[Si](C)(C)OC(F)C(F)(F)C(F)C(F)F. The van der Waals surface area contributed by atoms with Crippen molar-refractivity contribution in [1.29, 1.82) is 0 Å². The Morgan fingerprint density at radius 2 is 1.40 bits per heavy atom. The third-order valence-corrected chi connectivity index (χ3v) is 2.26. The molecule has 0 saturated carbocycles. The Labute approximate surface area is 84.5 Å². The molecule has 0 saturated heterocycles. The molecule has 1 nitrogen and oxygen atoms in total. The van der Waals surface area contributed by atoms with Crippen molar-refractivity contribution in [3.63, 3.8) is 0 Å². The van der Waals surface area contributed by atoms with Crippen LogP contribution in [0.25, 0.3) is 0 Å². The van der Waals surface area contributed by atoms with Gasteiger partial charge < -0.3 is 4.43 Å². The van der Waals surface area contributed by atoms with E-state index in [0.29, 0.717) is 0 Å². The third-order valence-electron chi connectivity index (χ3n) is 1.35. The van der Waals surface area contributed by atoms with Gasteiger partial charge in [0, 0.05) is 0 Å². The molecule has 92 valence electrons. The second-order valence-electron chi connectivity index (χ2n) is 3.96. The van der Waals surface area contributed by atoms with Crippen molar-refractivity contribution in [2.24, 2.45) is 0 Å². The van der Waals surface area contributed by atoms with Gasteiger partial charge in [0.15, 0.2) is 8.32 Å². The predicted octanol–water partition coefficient (Wildman–Crippen LogP) is 3.37. The van der Waals surface area contributed by atoms with Crippen LogP contribution in [-0.4, -0.2) is 33.2 Å². The molecule has 0 spiro atoms. The molecule has 8 heteroatoms. The van der Waals surface area contributed by atoms with Gasteiger partial charge in [-0.3, -0.25) is 0 Å². The number of halogens is 6. The zero-order valence-corrected chi connectivity index (χ0v) is 9.41. The predicted molar refractivity (Wildman–Crippen MR) is 45.2 cm³/mol. The Balaban J connectivity index is 4.58. The topological polar surface area (TPSA) is 9.23 Å². The first-order valence-corrected chi connectivity index (χ1v) is 7.51. The average molecular weight is 254 g/mol. The second-order valence-corrected chi connectivity index (χ2v) is 8.42. The van der Waals surface area contributed by atoms with E-state index in [1.165, 1.54) is 19.6 Å². The van der Waals surface area contributed by atoms with Crippen molar-refractivity contribution < 1.29 is 30.8 Å². The van der Waals surface area contributed by atoms with E-state index in [4.69, 9.17) is 0 Å². The summed E-state index contributed by atoms with van der Waals surface area (Å²) < 4.78 is 77.9. The molecule has 0 aromatic carbocycles. The molecule has 0 aliphatic heterocycles. The van der Waals surface area contributed by atoms with Crippen molar-refractivity contribution in [2.75, 3.05) is 0 Å². The van der Waals surface area contributed by atoms with Crippen LogP contribution in [0.4, 0.5) is 26.3 Å². The average Bonchev–Trinajstić information content (AvgIpc) is 1.99. The van der Waals surface area contributed by atoms with E-state index < -0.39 is 33.2 Å². The summed E-state index contributed by atoms with van der Waals surface area (Å²) in [6.07, 6.45) is -11.1. The number of rotatable bonds is 5. The van der Waals surface area contributed by atoms with Gasteiger partial charge in [-0.25, -0.2) is 17.6 Å². The lowest BCUT2D eigenvalue weighted by Gasteiger charge is -2.28. The molecule has 0 N–H and O–H groups in total. The summed E-state index contributed by atoms with van der Waals surface area (Å²) in [5, 5.41) is 0. The minimum absolute atomic E-state index is 1.38. The summed E-state index contributed by atoms with van der Waals surface area (Å²) in [6, 6.07) is 0. The highest BCUT2D eigenvalue weighted by molar-refractivity contribution is 6.69. The molecular weight excluding hydrogens is 242 g/mol. The van der Waals surface area contributed by atoms with Crippen LogP contribution < -0.4 is 0 Å². The van der Waals surface area contributed by atoms with Gasteiger partial charge in [-0.15, -0.1) is 0 Å². The zero-order chi connectivity index (χ0) is 12.4. The largest absolute Gasteiger partial charge is 0.385 e. The van der Waals surface area contributed by atoms with Gasteiger partial charge in [0.05, 0.1) is 0 Å². The maximum absolute atomic E-state index is 12.8. The van der Waals surface area contributed by atoms with Crippen LogP contribution in [0.1, 0.15) is 0 Å².